The van der Waals surface area contributed by atoms with Gasteiger partial charge in [0.25, 0.3) is 0 Å². The molecule has 1 rings (SSSR count). The molecule has 1 aliphatic rings. The molecule has 0 aromatic carbocycles. The SMILES string of the molecule is CN(C)C[NH+]1C=CN=C1. The molecule has 3 heteroatoms. The number of nitrogens with zero attached hydrogens (tertiary/aromatic N) is 2. The third-order valence-electron chi connectivity index (χ3n) is 1.11. The van der Waals surface area contributed by atoms with E-state index in [1.165, 1.54) is 4.90 Å². The summed E-state index contributed by atoms with van der Waals surface area (Å²) < 4.78 is 0. The lowest BCUT2D eigenvalue weighted by Gasteiger charge is -2.10. The van der Waals surface area contributed by atoms with Crippen LogP contribution in [0.4, 0.5) is 0 Å². The van der Waals surface area contributed by atoms with Gasteiger partial charge in [0.2, 0.25) is 0 Å². The minimum Gasteiger partial charge on any atom is -0.262 e. The predicted molar refractivity (Wildman–Crippen MR) is 37.1 cm³/mol. The predicted octanol–water partition coefficient (Wildman–Crippen LogP) is -1.10. The molecule has 50 valence electrons. The van der Waals surface area contributed by atoms with E-state index in [1.54, 1.807) is 0 Å². The molecule has 0 radical (unpaired) electrons. The van der Waals surface area contributed by atoms with Gasteiger partial charge in [0, 0.05) is 0 Å². The third kappa shape index (κ3) is 1.95. The fourth-order valence-corrected chi connectivity index (χ4v) is 0.779. The molecule has 1 N–H and O–H groups in total. The van der Waals surface area contributed by atoms with E-state index in [4.69, 9.17) is 0 Å². The smallest absolute Gasteiger partial charge is 0.194 e. The molecular weight excluding hydrogens is 114 g/mol. The van der Waals surface area contributed by atoms with Gasteiger partial charge in [-0.1, -0.05) is 0 Å². The van der Waals surface area contributed by atoms with Gasteiger partial charge in [0.05, 0.1) is 6.20 Å². The second-order valence-electron chi connectivity index (χ2n) is 2.41. The average Bonchev–Trinajstić information content (AvgIpc) is 2.15. The van der Waals surface area contributed by atoms with Gasteiger partial charge >= 0.3 is 0 Å². The van der Waals surface area contributed by atoms with Gasteiger partial charge < -0.3 is 0 Å². The van der Waals surface area contributed by atoms with Crippen molar-refractivity contribution < 1.29 is 4.90 Å². The molecule has 0 amide bonds. The van der Waals surface area contributed by atoms with Crippen molar-refractivity contribution >= 4 is 6.34 Å². The van der Waals surface area contributed by atoms with E-state index >= 15 is 0 Å². The van der Waals surface area contributed by atoms with Crippen LogP contribution in [-0.4, -0.2) is 32.0 Å². The first-order valence-corrected chi connectivity index (χ1v) is 2.99. The summed E-state index contributed by atoms with van der Waals surface area (Å²) in [7, 11) is 4.10. The van der Waals surface area contributed by atoms with Gasteiger partial charge in [-0.3, -0.25) is 9.80 Å². The molecule has 1 aliphatic heterocycles. The minimum absolute atomic E-state index is 0.986. The first kappa shape index (κ1) is 6.45. The summed E-state index contributed by atoms with van der Waals surface area (Å²) in [5.74, 6) is 0. The topological polar surface area (TPSA) is 20.0 Å². The zero-order valence-corrected chi connectivity index (χ0v) is 5.83. The minimum atomic E-state index is 0.986. The molecule has 0 saturated heterocycles. The molecular formula is C6H12N3+. The van der Waals surface area contributed by atoms with Crippen LogP contribution in [0.5, 0.6) is 0 Å². The summed E-state index contributed by atoms with van der Waals surface area (Å²) in [4.78, 5) is 7.35. The standard InChI is InChI=1S/C6H11N3/c1-8(2)6-9-4-3-7-5-9/h3-5H,6H2,1-2H3/p+1. The fraction of sp³-hybridized carbons (Fsp3) is 0.500. The number of aliphatic imine (C=N–C) groups is 1. The van der Waals surface area contributed by atoms with Crippen molar-refractivity contribution in [1.29, 1.82) is 0 Å². The Hall–Kier alpha value is -0.670. The zero-order valence-electron chi connectivity index (χ0n) is 5.83. The van der Waals surface area contributed by atoms with Crippen molar-refractivity contribution in [3.63, 3.8) is 0 Å². The summed E-state index contributed by atoms with van der Waals surface area (Å²) in [5.41, 5.74) is 0. The third-order valence-corrected chi connectivity index (χ3v) is 1.11. The van der Waals surface area contributed by atoms with Crippen molar-refractivity contribution in [3.05, 3.63) is 12.4 Å². The highest BCUT2D eigenvalue weighted by molar-refractivity contribution is 5.47. The fourth-order valence-electron chi connectivity index (χ4n) is 0.779. The van der Waals surface area contributed by atoms with Crippen molar-refractivity contribution in [2.45, 2.75) is 0 Å². The first-order valence-electron chi connectivity index (χ1n) is 2.99. The maximum Gasteiger partial charge on any atom is 0.194 e. The highest BCUT2D eigenvalue weighted by atomic mass is 15.3. The van der Waals surface area contributed by atoms with Crippen LogP contribution in [-0.2, 0) is 0 Å². The van der Waals surface area contributed by atoms with Crippen LogP contribution < -0.4 is 4.90 Å². The Morgan fingerprint density at radius 3 is 2.78 bits per heavy atom. The second kappa shape index (κ2) is 2.75. The van der Waals surface area contributed by atoms with Crippen molar-refractivity contribution in [1.82, 2.24) is 4.90 Å². The van der Waals surface area contributed by atoms with Gasteiger partial charge in [-0.25, -0.2) is 4.99 Å². The van der Waals surface area contributed by atoms with Crippen LogP contribution >= 0.6 is 0 Å². The monoisotopic (exact) mass is 126 g/mol. The number of quaternary nitrogens is 1. The van der Waals surface area contributed by atoms with Gasteiger partial charge in [0.1, 0.15) is 12.9 Å². The van der Waals surface area contributed by atoms with Gasteiger partial charge in [-0.05, 0) is 14.1 Å². The quantitative estimate of drug-likeness (QED) is 0.498. The van der Waals surface area contributed by atoms with Crippen molar-refractivity contribution in [3.8, 4) is 0 Å². The summed E-state index contributed by atoms with van der Waals surface area (Å²) in [5, 5.41) is 0. The summed E-state index contributed by atoms with van der Waals surface area (Å²) >= 11 is 0. The van der Waals surface area contributed by atoms with E-state index in [0.717, 1.165) is 6.67 Å². The van der Waals surface area contributed by atoms with Crippen LogP contribution in [0.15, 0.2) is 17.4 Å². The normalized spacial score (nSPS) is 24.1. The van der Waals surface area contributed by atoms with E-state index in [-0.39, 0.29) is 0 Å². The summed E-state index contributed by atoms with van der Waals surface area (Å²) in [6, 6.07) is 0. The molecule has 0 aliphatic carbocycles. The molecule has 0 fully saturated rings. The van der Waals surface area contributed by atoms with E-state index in [0.29, 0.717) is 0 Å². The Morgan fingerprint density at radius 2 is 2.33 bits per heavy atom. The Bertz CT molecular complexity index is 125. The maximum atomic E-state index is 3.95. The lowest BCUT2D eigenvalue weighted by Crippen LogP contribution is -3.07. The molecule has 0 aromatic heterocycles. The molecule has 1 unspecified atom stereocenters. The lowest BCUT2D eigenvalue weighted by atomic mass is 10.7. The molecule has 0 spiro atoms. The maximum absolute atomic E-state index is 3.95. The largest absolute Gasteiger partial charge is 0.262 e. The van der Waals surface area contributed by atoms with E-state index in [2.05, 4.69) is 9.89 Å². The number of hydrogen-bond acceptors (Lipinski definition) is 2. The van der Waals surface area contributed by atoms with Crippen molar-refractivity contribution in [2.75, 3.05) is 20.8 Å². The Morgan fingerprint density at radius 1 is 1.56 bits per heavy atom. The molecule has 9 heavy (non-hydrogen) atoms. The van der Waals surface area contributed by atoms with Crippen LogP contribution in [0, 0.1) is 0 Å². The highest BCUT2D eigenvalue weighted by Gasteiger charge is 2.04. The molecule has 0 bridgehead atoms. The average molecular weight is 126 g/mol. The van der Waals surface area contributed by atoms with Crippen molar-refractivity contribution in [2.24, 2.45) is 4.99 Å². The Labute approximate surface area is 55.3 Å². The first-order chi connectivity index (χ1) is 4.29. The van der Waals surface area contributed by atoms with Crippen LogP contribution in [0.3, 0.4) is 0 Å². The van der Waals surface area contributed by atoms with Gasteiger partial charge in [-0.15, -0.1) is 0 Å². The molecule has 0 aromatic rings. The summed E-state index contributed by atoms with van der Waals surface area (Å²) in [6.07, 6.45) is 5.73. The molecule has 3 nitrogen and oxygen atoms in total. The second-order valence-corrected chi connectivity index (χ2v) is 2.41. The highest BCUT2D eigenvalue weighted by Crippen LogP contribution is 1.71. The van der Waals surface area contributed by atoms with Crippen LogP contribution in [0.2, 0.25) is 0 Å². The number of nitrogens with one attached hydrogen (secondary N) is 1. The Balaban J connectivity index is 2.29. The van der Waals surface area contributed by atoms with Gasteiger partial charge in [-0.2, -0.15) is 0 Å². The van der Waals surface area contributed by atoms with E-state index in [1.807, 2.05) is 32.8 Å². The lowest BCUT2D eigenvalue weighted by molar-refractivity contribution is -0.749. The number of rotatable bonds is 2. The number of hydrogen-bond donors (Lipinski definition) is 1. The summed E-state index contributed by atoms with van der Waals surface area (Å²) in [6.45, 7) is 0.986. The molecule has 1 heterocycles. The van der Waals surface area contributed by atoms with E-state index in [9.17, 15) is 0 Å². The van der Waals surface area contributed by atoms with Crippen LogP contribution in [0.25, 0.3) is 0 Å². The van der Waals surface area contributed by atoms with Crippen LogP contribution in [0.1, 0.15) is 0 Å². The molecule has 1 atom stereocenters. The van der Waals surface area contributed by atoms with E-state index < -0.39 is 0 Å². The van der Waals surface area contributed by atoms with Gasteiger partial charge in [0.15, 0.2) is 6.34 Å². The molecule has 0 saturated carbocycles. The zero-order chi connectivity index (χ0) is 6.69. The Kier molecular flexibility index (Phi) is 1.97.